The van der Waals surface area contributed by atoms with E-state index in [9.17, 15) is 0 Å². The normalized spacial score (nSPS) is 9.09. The zero-order valence-corrected chi connectivity index (χ0v) is 8.00. The van der Waals surface area contributed by atoms with Crippen molar-refractivity contribution in [2.45, 2.75) is 6.42 Å². The van der Waals surface area contributed by atoms with Crippen LogP contribution in [0.5, 0.6) is 0 Å². The van der Waals surface area contributed by atoms with Gasteiger partial charge in [-0.05, 0) is 40.3 Å². The molecule has 0 unspecified atom stereocenters. The van der Waals surface area contributed by atoms with Crippen molar-refractivity contribution in [3.63, 3.8) is 0 Å². The van der Waals surface area contributed by atoms with Crippen molar-refractivity contribution >= 4 is 28.3 Å². The van der Waals surface area contributed by atoms with Crippen LogP contribution in [-0.4, -0.2) is 0 Å². The molecule has 0 bridgehead atoms. The summed E-state index contributed by atoms with van der Waals surface area (Å²) in [6, 6.07) is 7.67. The van der Waals surface area contributed by atoms with Crippen LogP contribution < -0.4 is 5.73 Å². The smallest absolute Gasteiger partial charge is 0.0670 e. The van der Waals surface area contributed by atoms with Gasteiger partial charge in [-0.2, -0.15) is 5.26 Å². The Hall–Kier alpha value is -0.760. The Labute approximate surface area is 79.2 Å². The monoisotopic (exact) mass is 258 g/mol. The minimum atomic E-state index is 0.457. The van der Waals surface area contributed by atoms with Crippen LogP contribution in [0.1, 0.15) is 5.56 Å². The summed E-state index contributed by atoms with van der Waals surface area (Å²) in [7, 11) is 0. The summed E-state index contributed by atoms with van der Waals surface area (Å²) in [5.41, 5.74) is 7.33. The van der Waals surface area contributed by atoms with Crippen LogP contribution in [0.15, 0.2) is 18.2 Å². The molecule has 0 aliphatic rings. The summed E-state index contributed by atoms with van der Waals surface area (Å²) in [6.45, 7) is 0. The van der Waals surface area contributed by atoms with E-state index in [4.69, 9.17) is 11.0 Å². The standard InChI is InChI=1S/C8H7IN2/c9-8-5-7(11)2-1-6(8)3-4-10/h1-2,5H,3,11H2. The maximum atomic E-state index is 8.43. The maximum Gasteiger partial charge on any atom is 0.0670 e. The van der Waals surface area contributed by atoms with Gasteiger partial charge in [0.1, 0.15) is 0 Å². The zero-order chi connectivity index (χ0) is 8.27. The van der Waals surface area contributed by atoms with Crippen LogP contribution in [0, 0.1) is 14.9 Å². The summed E-state index contributed by atoms with van der Waals surface area (Å²) in [5, 5.41) is 8.43. The second-order valence-electron chi connectivity index (χ2n) is 2.19. The predicted molar refractivity (Wildman–Crippen MR) is 52.9 cm³/mol. The highest BCUT2D eigenvalue weighted by Crippen LogP contribution is 2.15. The summed E-state index contributed by atoms with van der Waals surface area (Å²) in [4.78, 5) is 0. The summed E-state index contributed by atoms with van der Waals surface area (Å²) in [6.07, 6.45) is 0.457. The zero-order valence-electron chi connectivity index (χ0n) is 5.84. The number of nitrogen functional groups attached to an aromatic ring is 1. The lowest BCUT2D eigenvalue weighted by Gasteiger charge is -1.99. The number of anilines is 1. The molecule has 0 heterocycles. The number of hydrogen-bond acceptors (Lipinski definition) is 2. The summed E-state index contributed by atoms with van der Waals surface area (Å²) >= 11 is 2.18. The van der Waals surface area contributed by atoms with E-state index in [0.29, 0.717) is 6.42 Å². The minimum absolute atomic E-state index is 0.457. The summed E-state index contributed by atoms with van der Waals surface area (Å²) in [5.74, 6) is 0. The van der Waals surface area contributed by atoms with E-state index in [0.717, 1.165) is 14.8 Å². The number of benzene rings is 1. The molecule has 56 valence electrons. The highest BCUT2D eigenvalue weighted by molar-refractivity contribution is 14.1. The van der Waals surface area contributed by atoms with Gasteiger partial charge >= 0.3 is 0 Å². The van der Waals surface area contributed by atoms with Gasteiger partial charge < -0.3 is 5.73 Å². The number of hydrogen-bond donors (Lipinski definition) is 1. The Morgan fingerprint density at radius 1 is 1.55 bits per heavy atom. The Kier molecular flexibility index (Phi) is 2.71. The van der Waals surface area contributed by atoms with Gasteiger partial charge in [-0.3, -0.25) is 0 Å². The molecule has 0 saturated heterocycles. The summed E-state index contributed by atoms with van der Waals surface area (Å²) < 4.78 is 1.06. The highest BCUT2D eigenvalue weighted by Gasteiger charge is 1.97. The molecule has 0 amide bonds. The molecule has 0 radical (unpaired) electrons. The van der Waals surface area contributed by atoms with Crippen LogP contribution in [-0.2, 0) is 6.42 Å². The number of halogens is 1. The molecule has 0 aliphatic heterocycles. The third-order valence-corrected chi connectivity index (χ3v) is 2.35. The Morgan fingerprint density at radius 3 is 2.82 bits per heavy atom. The molecule has 0 saturated carbocycles. The molecular weight excluding hydrogens is 251 g/mol. The molecule has 2 N–H and O–H groups in total. The number of nitrogens with two attached hydrogens (primary N) is 1. The SMILES string of the molecule is N#CCc1ccc(N)cc1I. The fourth-order valence-corrected chi connectivity index (χ4v) is 1.52. The first kappa shape index (κ1) is 8.34. The molecule has 1 aromatic carbocycles. The van der Waals surface area contributed by atoms with Gasteiger partial charge in [0.05, 0.1) is 12.5 Å². The lowest BCUT2D eigenvalue weighted by atomic mass is 10.1. The Balaban J connectivity index is 3.01. The van der Waals surface area contributed by atoms with E-state index >= 15 is 0 Å². The van der Waals surface area contributed by atoms with Crippen molar-refractivity contribution in [2.75, 3.05) is 5.73 Å². The van der Waals surface area contributed by atoms with E-state index in [1.54, 1.807) is 0 Å². The number of nitriles is 1. The quantitative estimate of drug-likeness (QED) is 0.618. The molecule has 11 heavy (non-hydrogen) atoms. The van der Waals surface area contributed by atoms with Crippen LogP contribution >= 0.6 is 22.6 Å². The van der Waals surface area contributed by atoms with Crippen LogP contribution in [0.4, 0.5) is 5.69 Å². The lowest BCUT2D eigenvalue weighted by Crippen LogP contribution is -1.90. The van der Waals surface area contributed by atoms with Crippen LogP contribution in [0.25, 0.3) is 0 Å². The molecule has 2 nitrogen and oxygen atoms in total. The first-order valence-corrected chi connectivity index (χ1v) is 4.23. The van der Waals surface area contributed by atoms with Crippen molar-refractivity contribution in [3.05, 3.63) is 27.3 Å². The van der Waals surface area contributed by atoms with E-state index in [-0.39, 0.29) is 0 Å². The highest BCUT2D eigenvalue weighted by atomic mass is 127. The fourth-order valence-electron chi connectivity index (χ4n) is 0.792. The lowest BCUT2D eigenvalue weighted by molar-refractivity contribution is 1.24. The largest absolute Gasteiger partial charge is 0.399 e. The van der Waals surface area contributed by atoms with Gasteiger partial charge in [0.25, 0.3) is 0 Å². The molecule has 0 aliphatic carbocycles. The van der Waals surface area contributed by atoms with Crippen molar-refractivity contribution in [1.29, 1.82) is 5.26 Å². The van der Waals surface area contributed by atoms with Crippen LogP contribution in [0.3, 0.4) is 0 Å². The van der Waals surface area contributed by atoms with Gasteiger partial charge in [-0.25, -0.2) is 0 Å². The maximum absolute atomic E-state index is 8.43. The second-order valence-corrected chi connectivity index (χ2v) is 3.35. The van der Waals surface area contributed by atoms with E-state index < -0.39 is 0 Å². The average Bonchev–Trinajstić information content (AvgIpc) is 1.95. The first-order chi connectivity index (χ1) is 5.24. The van der Waals surface area contributed by atoms with Crippen molar-refractivity contribution < 1.29 is 0 Å². The van der Waals surface area contributed by atoms with Gasteiger partial charge in [0, 0.05) is 9.26 Å². The second kappa shape index (κ2) is 3.58. The molecule has 1 rings (SSSR count). The molecule has 0 fully saturated rings. The van der Waals surface area contributed by atoms with Crippen molar-refractivity contribution in [1.82, 2.24) is 0 Å². The fraction of sp³-hybridized carbons (Fsp3) is 0.125. The van der Waals surface area contributed by atoms with E-state index in [2.05, 4.69) is 28.7 Å². The number of nitrogens with zero attached hydrogens (tertiary/aromatic N) is 1. The van der Waals surface area contributed by atoms with Gasteiger partial charge in [0.2, 0.25) is 0 Å². The average molecular weight is 258 g/mol. The van der Waals surface area contributed by atoms with Crippen molar-refractivity contribution in [2.24, 2.45) is 0 Å². The number of rotatable bonds is 1. The Bertz CT molecular complexity index is 301. The first-order valence-electron chi connectivity index (χ1n) is 3.15. The van der Waals surface area contributed by atoms with Crippen LogP contribution in [0.2, 0.25) is 0 Å². The molecule has 3 heteroatoms. The van der Waals surface area contributed by atoms with Crippen molar-refractivity contribution in [3.8, 4) is 6.07 Å². The third-order valence-electron chi connectivity index (χ3n) is 1.35. The molecule has 1 aromatic rings. The van der Waals surface area contributed by atoms with Gasteiger partial charge in [0.15, 0.2) is 0 Å². The minimum Gasteiger partial charge on any atom is -0.399 e. The topological polar surface area (TPSA) is 49.8 Å². The molecule has 0 atom stereocenters. The molecule has 0 aromatic heterocycles. The van der Waals surface area contributed by atoms with E-state index in [1.807, 2.05) is 18.2 Å². The Morgan fingerprint density at radius 2 is 2.27 bits per heavy atom. The predicted octanol–water partition coefficient (Wildman–Crippen LogP) is 1.94. The van der Waals surface area contributed by atoms with E-state index in [1.165, 1.54) is 0 Å². The molecule has 0 spiro atoms. The third kappa shape index (κ3) is 2.09. The van der Waals surface area contributed by atoms with Gasteiger partial charge in [-0.15, -0.1) is 0 Å². The molecular formula is C8H7IN2. The van der Waals surface area contributed by atoms with Gasteiger partial charge in [-0.1, -0.05) is 6.07 Å².